The van der Waals surface area contributed by atoms with E-state index in [-0.39, 0.29) is 36.8 Å². The van der Waals surface area contributed by atoms with E-state index in [1.54, 1.807) is 12.4 Å². The minimum atomic E-state index is 0. The molecule has 1 aliphatic heterocycles. The summed E-state index contributed by atoms with van der Waals surface area (Å²) in [6, 6.07) is 11.4. The Bertz CT molecular complexity index is 705. The molecular formula is C20H27Cl2N3O2. The first-order chi connectivity index (χ1) is 12.1. The number of carbonyl (C=O) groups excluding carboxylic acids is 1. The van der Waals surface area contributed by atoms with E-state index in [0.717, 1.165) is 31.5 Å². The molecule has 1 unspecified atom stereocenters. The number of nitrogens with zero attached hydrogens (tertiary/aromatic N) is 2. The second kappa shape index (κ2) is 11.1. The Morgan fingerprint density at radius 1 is 1.26 bits per heavy atom. The predicted molar refractivity (Wildman–Crippen MR) is 112 cm³/mol. The van der Waals surface area contributed by atoms with Crippen LogP contribution in [0.15, 0.2) is 48.8 Å². The van der Waals surface area contributed by atoms with Crippen LogP contribution in [0, 0.1) is 5.92 Å². The van der Waals surface area contributed by atoms with Crippen molar-refractivity contribution in [2.75, 3.05) is 13.1 Å². The largest absolute Gasteiger partial charge is 0.489 e. The summed E-state index contributed by atoms with van der Waals surface area (Å²) in [6.07, 6.45) is 5.45. The third-order valence-electron chi connectivity index (χ3n) is 4.78. The van der Waals surface area contributed by atoms with Gasteiger partial charge in [-0.2, -0.15) is 0 Å². The number of halogens is 2. The average Bonchev–Trinajstić information content (AvgIpc) is 2.67. The number of carbonyl (C=O) groups is 1. The van der Waals surface area contributed by atoms with E-state index in [1.165, 1.54) is 0 Å². The normalized spacial score (nSPS) is 15.3. The van der Waals surface area contributed by atoms with Crippen molar-refractivity contribution >= 4 is 30.7 Å². The Kier molecular flexibility index (Phi) is 9.56. The molecule has 2 N–H and O–H groups in total. The number of benzene rings is 1. The summed E-state index contributed by atoms with van der Waals surface area (Å²) in [7, 11) is 0. The van der Waals surface area contributed by atoms with Gasteiger partial charge in [-0.25, -0.2) is 0 Å². The average molecular weight is 412 g/mol. The summed E-state index contributed by atoms with van der Waals surface area (Å²) >= 11 is 0. The van der Waals surface area contributed by atoms with Gasteiger partial charge >= 0.3 is 0 Å². The maximum Gasteiger partial charge on any atom is 0.253 e. The number of ether oxygens (including phenoxy) is 1. The SMILES string of the molecule is CC(N)C1CCN(C(=O)c2cccc(OCc3cccnc3)c2)CC1.Cl.Cl. The fraction of sp³-hybridized carbons (Fsp3) is 0.400. The Balaban J connectivity index is 0.00000182. The maximum atomic E-state index is 12.7. The quantitative estimate of drug-likeness (QED) is 0.813. The number of piperidine rings is 1. The standard InChI is InChI=1S/C20H25N3O2.2ClH/c1-15(21)17-7-10-23(11-8-17)20(24)18-5-2-6-19(12-18)25-14-16-4-3-9-22-13-16;;/h2-6,9,12-13,15,17H,7-8,10-11,14,21H2,1H3;2*1H. The monoisotopic (exact) mass is 411 g/mol. The molecular weight excluding hydrogens is 385 g/mol. The van der Waals surface area contributed by atoms with Crippen LogP contribution in [0.5, 0.6) is 5.75 Å². The van der Waals surface area contributed by atoms with Gasteiger partial charge in [-0.3, -0.25) is 9.78 Å². The number of hydrogen-bond donors (Lipinski definition) is 1. The molecule has 27 heavy (non-hydrogen) atoms. The van der Waals surface area contributed by atoms with Gasteiger partial charge in [-0.15, -0.1) is 24.8 Å². The van der Waals surface area contributed by atoms with Crippen molar-refractivity contribution in [1.82, 2.24) is 9.88 Å². The van der Waals surface area contributed by atoms with Gasteiger partial charge in [-0.1, -0.05) is 12.1 Å². The van der Waals surface area contributed by atoms with Crippen molar-refractivity contribution < 1.29 is 9.53 Å². The van der Waals surface area contributed by atoms with Gasteiger partial charge in [0.2, 0.25) is 0 Å². The molecule has 0 radical (unpaired) electrons. The molecule has 1 aromatic heterocycles. The number of hydrogen-bond acceptors (Lipinski definition) is 4. The first-order valence-corrected chi connectivity index (χ1v) is 8.80. The van der Waals surface area contributed by atoms with Crippen LogP contribution in [-0.4, -0.2) is 34.9 Å². The summed E-state index contributed by atoms with van der Waals surface area (Å²) in [4.78, 5) is 18.7. The van der Waals surface area contributed by atoms with E-state index >= 15 is 0 Å². The molecule has 148 valence electrons. The van der Waals surface area contributed by atoms with Crippen LogP contribution in [0.25, 0.3) is 0 Å². The van der Waals surface area contributed by atoms with Gasteiger partial charge in [0.1, 0.15) is 12.4 Å². The minimum Gasteiger partial charge on any atom is -0.489 e. The fourth-order valence-corrected chi connectivity index (χ4v) is 3.18. The van der Waals surface area contributed by atoms with Crippen molar-refractivity contribution in [2.45, 2.75) is 32.4 Å². The van der Waals surface area contributed by atoms with Crippen molar-refractivity contribution in [3.63, 3.8) is 0 Å². The lowest BCUT2D eigenvalue weighted by Gasteiger charge is -2.33. The van der Waals surface area contributed by atoms with Crippen LogP contribution >= 0.6 is 24.8 Å². The number of amides is 1. The summed E-state index contributed by atoms with van der Waals surface area (Å²) in [6.45, 7) is 4.02. The first kappa shape index (κ1) is 23.2. The summed E-state index contributed by atoms with van der Waals surface area (Å²) < 4.78 is 5.79. The highest BCUT2D eigenvalue weighted by atomic mass is 35.5. The van der Waals surface area contributed by atoms with Crippen molar-refractivity contribution in [3.05, 3.63) is 59.9 Å². The Labute approximate surface area is 173 Å². The molecule has 0 bridgehead atoms. The van der Waals surface area contributed by atoms with Gasteiger partial charge in [0.15, 0.2) is 0 Å². The van der Waals surface area contributed by atoms with Crippen molar-refractivity contribution in [1.29, 1.82) is 0 Å². The highest BCUT2D eigenvalue weighted by Crippen LogP contribution is 2.22. The number of rotatable bonds is 5. The van der Waals surface area contributed by atoms with Gasteiger partial charge < -0.3 is 15.4 Å². The maximum absolute atomic E-state index is 12.7. The third-order valence-corrected chi connectivity index (χ3v) is 4.78. The number of likely N-dealkylation sites (tertiary alicyclic amines) is 1. The van der Waals surface area contributed by atoms with Crippen LogP contribution in [0.4, 0.5) is 0 Å². The molecule has 1 aromatic carbocycles. The van der Waals surface area contributed by atoms with Crippen LogP contribution in [0.2, 0.25) is 0 Å². The van der Waals surface area contributed by atoms with Crippen LogP contribution < -0.4 is 10.5 Å². The molecule has 1 amide bonds. The van der Waals surface area contributed by atoms with E-state index in [4.69, 9.17) is 10.5 Å². The molecule has 7 heteroatoms. The summed E-state index contributed by atoms with van der Waals surface area (Å²) in [5, 5.41) is 0. The molecule has 1 fully saturated rings. The molecule has 3 rings (SSSR count). The highest BCUT2D eigenvalue weighted by molar-refractivity contribution is 5.94. The number of pyridine rings is 1. The Morgan fingerprint density at radius 2 is 2.00 bits per heavy atom. The first-order valence-electron chi connectivity index (χ1n) is 8.80. The Morgan fingerprint density at radius 3 is 2.63 bits per heavy atom. The second-order valence-electron chi connectivity index (χ2n) is 6.67. The molecule has 5 nitrogen and oxygen atoms in total. The van der Waals surface area contributed by atoms with Gasteiger partial charge in [0, 0.05) is 42.7 Å². The Hall–Kier alpha value is -1.82. The molecule has 2 aromatic rings. The summed E-state index contributed by atoms with van der Waals surface area (Å²) in [5.41, 5.74) is 7.64. The van der Waals surface area contributed by atoms with Crippen molar-refractivity contribution in [2.24, 2.45) is 11.7 Å². The lowest BCUT2D eigenvalue weighted by Crippen LogP contribution is -2.42. The number of nitrogens with two attached hydrogens (primary N) is 1. The van der Waals surface area contributed by atoms with Gasteiger partial charge in [0.05, 0.1) is 0 Å². The van der Waals surface area contributed by atoms with Gasteiger partial charge in [0.25, 0.3) is 5.91 Å². The molecule has 1 atom stereocenters. The molecule has 1 saturated heterocycles. The van der Waals surface area contributed by atoms with Crippen LogP contribution in [-0.2, 0) is 6.61 Å². The van der Waals surface area contributed by atoms with Crippen LogP contribution in [0.1, 0.15) is 35.7 Å². The molecule has 2 heterocycles. The molecule has 0 spiro atoms. The molecule has 0 saturated carbocycles. The lowest BCUT2D eigenvalue weighted by molar-refractivity contribution is 0.0680. The lowest BCUT2D eigenvalue weighted by atomic mass is 9.90. The van der Waals surface area contributed by atoms with E-state index < -0.39 is 0 Å². The smallest absolute Gasteiger partial charge is 0.253 e. The molecule has 1 aliphatic rings. The number of aromatic nitrogens is 1. The minimum absolute atomic E-state index is 0. The zero-order valence-corrected chi connectivity index (χ0v) is 17.0. The zero-order valence-electron chi connectivity index (χ0n) is 15.4. The third kappa shape index (κ3) is 6.38. The second-order valence-corrected chi connectivity index (χ2v) is 6.67. The van der Waals surface area contributed by atoms with E-state index in [1.807, 2.05) is 48.2 Å². The van der Waals surface area contributed by atoms with Crippen molar-refractivity contribution in [3.8, 4) is 5.75 Å². The topological polar surface area (TPSA) is 68.5 Å². The van der Waals surface area contributed by atoms with E-state index in [9.17, 15) is 4.79 Å². The van der Waals surface area contributed by atoms with E-state index in [2.05, 4.69) is 4.98 Å². The zero-order chi connectivity index (χ0) is 17.6. The van der Waals surface area contributed by atoms with Crippen LogP contribution in [0.3, 0.4) is 0 Å². The predicted octanol–water partition coefficient (Wildman–Crippen LogP) is 3.70. The van der Waals surface area contributed by atoms with Gasteiger partial charge in [-0.05, 0) is 49.9 Å². The fourth-order valence-electron chi connectivity index (χ4n) is 3.18. The molecule has 0 aliphatic carbocycles. The van der Waals surface area contributed by atoms with E-state index in [0.29, 0.717) is 23.8 Å². The summed E-state index contributed by atoms with van der Waals surface area (Å²) in [5.74, 6) is 1.27. The highest BCUT2D eigenvalue weighted by Gasteiger charge is 2.25.